The number of para-hydroxylation sites is 2. The van der Waals surface area contributed by atoms with Crippen molar-refractivity contribution < 1.29 is 17.9 Å². The van der Waals surface area contributed by atoms with Crippen LogP contribution in [0.2, 0.25) is 0 Å². The molecule has 3 aromatic rings. The normalized spacial score (nSPS) is 11.2. The number of alkyl halides is 2. The standard InChI is InChI=1S/C14H10F2N2O2/c15-14(16)20-10-6-2-1-4-8(10)13-18-12-9(17)5-3-7-11(12)19-13/h1-7,14H,17H2. The fraction of sp³-hybridized carbons (Fsp3) is 0.0714. The van der Waals surface area contributed by atoms with Crippen LogP contribution < -0.4 is 10.5 Å². The number of oxazole rings is 1. The molecule has 6 heteroatoms. The van der Waals surface area contributed by atoms with Gasteiger partial charge in [-0.25, -0.2) is 4.98 Å². The van der Waals surface area contributed by atoms with E-state index in [4.69, 9.17) is 10.2 Å². The first-order valence-electron chi connectivity index (χ1n) is 5.84. The van der Waals surface area contributed by atoms with Crippen LogP contribution in [-0.2, 0) is 0 Å². The highest BCUT2D eigenvalue weighted by Crippen LogP contribution is 2.33. The van der Waals surface area contributed by atoms with E-state index in [1.54, 1.807) is 36.4 Å². The van der Waals surface area contributed by atoms with Crippen molar-refractivity contribution in [1.29, 1.82) is 0 Å². The molecule has 0 spiro atoms. The summed E-state index contributed by atoms with van der Waals surface area (Å²) < 4.78 is 34.8. The molecule has 0 aliphatic carbocycles. The summed E-state index contributed by atoms with van der Waals surface area (Å²) >= 11 is 0. The molecule has 0 saturated carbocycles. The highest BCUT2D eigenvalue weighted by atomic mass is 19.3. The Morgan fingerprint density at radius 2 is 1.90 bits per heavy atom. The Morgan fingerprint density at radius 1 is 1.10 bits per heavy atom. The molecule has 2 aromatic carbocycles. The van der Waals surface area contributed by atoms with E-state index in [-0.39, 0.29) is 11.6 Å². The van der Waals surface area contributed by atoms with Gasteiger partial charge in [0.1, 0.15) is 11.3 Å². The first kappa shape index (κ1) is 12.4. The van der Waals surface area contributed by atoms with Crippen LogP contribution in [0, 0.1) is 0 Å². The molecule has 102 valence electrons. The molecule has 0 atom stereocenters. The van der Waals surface area contributed by atoms with E-state index < -0.39 is 6.61 Å². The molecule has 0 unspecified atom stereocenters. The van der Waals surface area contributed by atoms with Gasteiger partial charge >= 0.3 is 6.61 Å². The number of aromatic nitrogens is 1. The monoisotopic (exact) mass is 276 g/mol. The van der Waals surface area contributed by atoms with Gasteiger partial charge in [0.2, 0.25) is 5.89 Å². The first-order chi connectivity index (χ1) is 9.65. The van der Waals surface area contributed by atoms with Gasteiger partial charge in [-0.3, -0.25) is 0 Å². The molecule has 0 radical (unpaired) electrons. The van der Waals surface area contributed by atoms with Gasteiger partial charge in [-0.15, -0.1) is 0 Å². The molecule has 4 nitrogen and oxygen atoms in total. The maximum absolute atomic E-state index is 12.4. The lowest BCUT2D eigenvalue weighted by Crippen LogP contribution is -2.03. The Balaban J connectivity index is 2.13. The second-order valence-electron chi connectivity index (χ2n) is 4.09. The molecule has 0 aliphatic heterocycles. The van der Waals surface area contributed by atoms with Crippen LogP contribution in [0.4, 0.5) is 14.5 Å². The summed E-state index contributed by atoms with van der Waals surface area (Å²) in [6, 6.07) is 11.4. The number of ether oxygens (including phenoxy) is 1. The number of halogens is 2. The molecule has 0 saturated heterocycles. The van der Waals surface area contributed by atoms with Crippen LogP contribution >= 0.6 is 0 Å². The molecule has 3 rings (SSSR count). The maximum atomic E-state index is 12.4. The zero-order chi connectivity index (χ0) is 14.1. The number of hydrogen-bond acceptors (Lipinski definition) is 4. The zero-order valence-electron chi connectivity index (χ0n) is 10.2. The molecular formula is C14H10F2N2O2. The molecule has 20 heavy (non-hydrogen) atoms. The van der Waals surface area contributed by atoms with Gasteiger partial charge in [-0.05, 0) is 24.3 Å². The third-order valence-corrected chi connectivity index (χ3v) is 2.78. The fourth-order valence-corrected chi connectivity index (χ4v) is 1.93. The van der Waals surface area contributed by atoms with Crippen LogP contribution in [0.15, 0.2) is 46.9 Å². The Bertz CT molecular complexity index is 756. The van der Waals surface area contributed by atoms with Gasteiger partial charge < -0.3 is 14.9 Å². The Labute approximate surface area is 112 Å². The molecule has 0 fully saturated rings. The average molecular weight is 276 g/mol. The average Bonchev–Trinajstić information content (AvgIpc) is 2.84. The van der Waals surface area contributed by atoms with Crippen LogP contribution in [0.5, 0.6) is 5.75 Å². The van der Waals surface area contributed by atoms with E-state index >= 15 is 0 Å². The predicted octanol–water partition coefficient (Wildman–Crippen LogP) is 3.68. The van der Waals surface area contributed by atoms with Crippen LogP contribution in [-0.4, -0.2) is 11.6 Å². The van der Waals surface area contributed by atoms with Crippen molar-refractivity contribution in [2.24, 2.45) is 0 Å². The minimum Gasteiger partial charge on any atom is -0.436 e. The molecular weight excluding hydrogens is 266 g/mol. The summed E-state index contributed by atoms with van der Waals surface area (Å²) in [4.78, 5) is 4.23. The van der Waals surface area contributed by atoms with Gasteiger partial charge in [0.05, 0.1) is 11.3 Å². The van der Waals surface area contributed by atoms with Gasteiger partial charge in [-0.1, -0.05) is 18.2 Å². The molecule has 1 heterocycles. The lowest BCUT2D eigenvalue weighted by molar-refractivity contribution is -0.0495. The molecule has 1 aromatic heterocycles. The lowest BCUT2D eigenvalue weighted by atomic mass is 10.2. The summed E-state index contributed by atoms with van der Waals surface area (Å²) in [5.41, 5.74) is 7.59. The van der Waals surface area contributed by atoms with Gasteiger partial charge in [0.25, 0.3) is 0 Å². The van der Waals surface area contributed by atoms with Gasteiger partial charge in [0, 0.05) is 0 Å². The Morgan fingerprint density at radius 3 is 2.65 bits per heavy atom. The highest BCUT2D eigenvalue weighted by molar-refractivity contribution is 5.87. The van der Waals surface area contributed by atoms with Crippen molar-refractivity contribution in [3.05, 3.63) is 42.5 Å². The van der Waals surface area contributed by atoms with Crippen LogP contribution in [0.1, 0.15) is 0 Å². The minimum atomic E-state index is -2.91. The number of hydrogen-bond donors (Lipinski definition) is 1. The summed E-state index contributed by atoms with van der Waals surface area (Å²) in [7, 11) is 0. The predicted molar refractivity (Wildman–Crippen MR) is 70.5 cm³/mol. The molecule has 0 bridgehead atoms. The van der Waals surface area contributed by atoms with E-state index in [1.165, 1.54) is 6.07 Å². The van der Waals surface area contributed by atoms with Crippen molar-refractivity contribution in [2.75, 3.05) is 5.73 Å². The minimum absolute atomic E-state index is 0.00706. The van der Waals surface area contributed by atoms with Crippen molar-refractivity contribution >= 4 is 16.8 Å². The van der Waals surface area contributed by atoms with Crippen molar-refractivity contribution in [3.8, 4) is 17.2 Å². The van der Waals surface area contributed by atoms with E-state index in [9.17, 15) is 8.78 Å². The van der Waals surface area contributed by atoms with Crippen molar-refractivity contribution in [2.45, 2.75) is 6.61 Å². The zero-order valence-corrected chi connectivity index (χ0v) is 10.2. The number of nitrogens with two attached hydrogens (primary N) is 1. The van der Waals surface area contributed by atoms with Crippen molar-refractivity contribution in [3.63, 3.8) is 0 Å². The lowest BCUT2D eigenvalue weighted by Gasteiger charge is -2.07. The van der Waals surface area contributed by atoms with E-state index in [0.29, 0.717) is 22.4 Å². The topological polar surface area (TPSA) is 61.3 Å². The van der Waals surface area contributed by atoms with Gasteiger partial charge in [0.15, 0.2) is 5.58 Å². The number of nitrogen functional groups attached to an aromatic ring is 1. The molecule has 2 N–H and O–H groups in total. The van der Waals surface area contributed by atoms with E-state index in [1.807, 2.05) is 0 Å². The van der Waals surface area contributed by atoms with E-state index in [0.717, 1.165) is 0 Å². The second kappa shape index (κ2) is 4.80. The largest absolute Gasteiger partial charge is 0.436 e. The third-order valence-electron chi connectivity index (χ3n) is 2.78. The van der Waals surface area contributed by atoms with Crippen molar-refractivity contribution in [1.82, 2.24) is 4.98 Å². The Hall–Kier alpha value is -2.63. The first-order valence-corrected chi connectivity index (χ1v) is 5.84. The van der Waals surface area contributed by atoms with Crippen LogP contribution in [0.3, 0.4) is 0 Å². The maximum Gasteiger partial charge on any atom is 0.387 e. The number of nitrogens with zero attached hydrogens (tertiary/aromatic N) is 1. The summed E-state index contributed by atoms with van der Waals surface area (Å²) in [6.45, 7) is -2.91. The fourth-order valence-electron chi connectivity index (χ4n) is 1.93. The second-order valence-corrected chi connectivity index (χ2v) is 4.09. The SMILES string of the molecule is Nc1cccc2oc(-c3ccccc3OC(F)F)nc12. The summed E-state index contributed by atoms with van der Waals surface area (Å²) in [5.74, 6) is 0.196. The summed E-state index contributed by atoms with van der Waals surface area (Å²) in [6.07, 6.45) is 0. The highest BCUT2D eigenvalue weighted by Gasteiger charge is 2.16. The molecule has 0 aliphatic rings. The molecule has 0 amide bonds. The summed E-state index contributed by atoms with van der Waals surface area (Å²) in [5, 5.41) is 0. The smallest absolute Gasteiger partial charge is 0.387 e. The number of rotatable bonds is 3. The van der Waals surface area contributed by atoms with Gasteiger partial charge in [-0.2, -0.15) is 8.78 Å². The van der Waals surface area contributed by atoms with Crippen LogP contribution in [0.25, 0.3) is 22.6 Å². The van der Waals surface area contributed by atoms with E-state index in [2.05, 4.69) is 9.72 Å². The quantitative estimate of drug-likeness (QED) is 0.741. The third kappa shape index (κ3) is 2.16. The number of benzene rings is 2. The Kier molecular flexibility index (Phi) is 2.98. The number of fused-ring (bicyclic) bond motifs is 1. The number of anilines is 1.